The molecule has 7 heteroatoms. The number of primary amides is 1. The maximum Gasteiger partial charge on any atom is 0.291 e. The van der Waals surface area contributed by atoms with Crippen molar-refractivity contribution in [3.05, 3.63) is 11.6 Å². The van der Waals surface area contributed by atoms with Crippen LogP contribution in [0.5, 0.6) is 0 Å². The SMILES string of the molecule is CC(C)(CC(N)=O)NC(=O)c1n[nH]c(C2CC2)n1. The molecule has 0 saturated heterocycles. The van der Waals surface area contributed by atoms with E-state index in [2.05, 4.69) is 20.5 Å². The van der Waals surface area contributed by atoms with Gasteiger partial charge in [0, 0.05) is 17.9 Å². The van der Waals surface area contributed by atoms with Gasteiger partial charge in [0.25, 0.3) is 5.91 Å². The maximum atomic E-state index is 11.9. The van der Waals surface area contributed by atoms with E-state index in [1.165, 1.54) is 0 Å². The molecule has 1 saturated carbocycles. The van der Waals surface area contributed by atoms with Gasteiger partial charge in [0.1, 0.15) is 5.82 Å². The molecule has 0 spiro atoms. The van der Waals surface area contributed by atoms with E-state index in [9.17, 15) is 9.59 Å². The van der Waals surface area contributed by atoms with Gasteiger partial charge in [-0.3, -0.25) is 14.7 Å². The van der Waals surface area contributed by atoms with Crippen molar-refractivity contribution in [1.29, 1.82) is 0 Å². The topological polar surface area (TPSA) is 114 Å². The van der Waals surface area contributed by atoms with Crippen molar-refractivity contribution in [2.45, 2.75) is 44.6 Å². The fourth-order valence-electron chi connectivity index (χ4n) is 1.76. The summed E-state index contributed by atoms with van der Waals surface area (Å²) in [6.45, 7) is 3.45. The summed E-state index contributed by atoms with van der Waals surface area (Å²) in [7, 11) is 0. The van der Waals surface area contributed by atoms with Crippen molar-refractivity contribution < 1.29 is 9.59 Å². The molecule has 1 aliphatic carbocycles. The van der Waals surface area contributed by atoms with Gasteiger partial charge in [-0.05, 0) is 26.7 Å². The predicted octanol–water partition coefficient (Wildman–Crippen LogP) is 0.0659. The average molecular weight is 251 g/mol. The zero-order valence-electron chi connectivity index (χ0n) is 10.5. The Labute approximate surface area is 105 Å². The monoisotopic (exact) mass is 251 g/mol. The van der Waals surface area contributed by atoms with E-state index in [1.807, 2.05) is 0 Å². The van der Waals surface area contributed by atoms with E-state index in [1.54, 1.807) is 13.8 Å². The first kappa shape index (κ1) is 12.5. The van der Waals surface area contributed by atoms with Gasteiger partial charge in [-0.1, -0.05) is 0 Å². The summed E-state index contributed by atoms with van der Waals surface area (Å²) >= 11 is 0. The smallest absolute Gasteiger partial charge is 0.291 e. The summed E-state index contributed by atoms with van der Waals surface area (Å²) in [5, 5.41) is 9.33. The molecule has 18 heavy (non-hydrogen) atoms. The molecule has 0 aliphatic heterocycles. The third-order valence-electron chi connectivity index (χ3n) is 2.74. The van der Waals surface area contributed by atoms with Crippen molar-refractivity contribution in [2.24, 2.45) is 5.73 Å². The highest BCUT2D eigenvalue weighted by Gasteiger charge is 2.29. The first-order valence-corrected chi connectivity index (χ1v) is 5.90. The molecule has 1 aromatic rings. The number of aromatic nitrogens is 3. The van der Waals surface area contributed by atoms with Crippen LogP contribution in [0, 0.1) is 0 Å². The molecule has 0 bridgehead atoms. The van der Waals surface area contributed by atoms with E-state index >= 15 is 0 Å². The molecule has 2 amide bonds. The number of H-pyrrole nitrogens is 1. The van der Waals surface area contributed by atoms with E-state index < -0.39 is 17.4 Å². The Balaban J connectivity index is 1.99. The fourth-order valence-corrected chi connectivity index (χ4v) is 1.76. The summed E-state index contributed by atoms with van der Waals surface area (Å²) in [4.78, 5) is 26.9. The minimum Gasteiger partial charge on any atom is -0.370 e. The summed E-state index contributed by atoms with van der Waals surface area (Å²) in [5.74, 6) is 0.415. The minimum absolute atomic E-state index is 0.0681. The standard InChI is InChI=1S/C11H17N5O2/c1-11(2,5-7(12)17)14-10(18)9-13-8(15-16-9)6-3-4-6/h6H,3-5H2,1-2H3,(H2,12,17)(H,14,18)(H,13,15,16). The molecule has 0 aromatic carbocycles. The van der Waals surface area contributed by atoms with Gasteiger partial charge in [0.2, 0.25) is 11.7 Å². The lowest BCUT2D eigenvalue weighted by molar-refractivity contribution is -0.119. The Morgan fingerprint density at radius 3 is 2.72 bits per heavy atom. The summed E-state index contributed by atoms with van der Waals surface area (Å²) in [6, 6.07) is 0. The largest absolute Gasteiger partial charge is 0.370 e. The van der Waals surface area contributed by atoms with Crippen LogP contribution in [-0.4, -0.2) is 32.5 Å². The number of nitrogens with one attached hydrogen (secondary N) is 2. The maximum absolute atomic E-state index is 11.9. The minimum atomic E-state index is -0.705. The average Bonchev–Trinajstić information content (AvgIpc) is 2.93. The highest BCUT2D eigenvalue weighted by atomic mass is 16.2. The quantitative estimate of drug-likeness (QED) is 0.686. The van der Waals surface area contributed by atoms with E-state index in [0.717, 1.165) is 18.7 Å². The van der Waals surface area contributed by atoms with Gasteiger partial charge in [0.05, 0.1) is 0 Å². The summed E-state index contributed by atoms with van der Waals surface area (Å²) in [6.07, 6.45) is 2.24. The van der Waals surface area contributed by atoms with Gasteiger partial charge in [-0.2, -0.15) is 0 Å². The molecule has 1 aliphatic rings. The van der Waals surface area contributed by atoms with Crippen LogP contribution in [0.1, 0.15) is 55.5 Å². The highest BCUT2D eigenvalue weighted by Crippen LogP contribution is 2.37. The lowest BCUT2D eigenvalue weighted by Crippen LogP contribution is -2.46. The third-order valence-corrected chi connectivity index (χ3v) is 2.74. The summed E-state index contributed by atoms with van der Waals surface area (Å²) in [5.41, 5.74) is 4.41. The molecule has 1 fully saturated rings. The Bertz CT molecular complexity index is 476. The van der Waals surface area contributed by atoms with Crippen LogP contribution in [0.25, 0.3) is 0 Å². The zero-order valence-corrected chi connectivity index (χ0v) is 10.5. The number of carbonyl (C=O) groups is 2. The molecule has 2 rings (SSSR count). The Kier molecular flexibility index (Phi) is 3.06. The number of rotatable bonds is 5. The zero-order chi connectivity index (χ0) is 13.3. The van der Waals surface area contributed by atoms with Crippen molar-refractivity contribution in [3.8, 4) is 0 Å². The second-order valence-corrected chi connectivity index (χ2v) is 5.30. The van der Waals surface area contributed by atoms with Crippen molar-refractivity contribution in [2.75, 3.05) is 0 Å². The van der Waals surface area contributed by atoms with E-state index in [0.29, 0.717) is 5.92 Å². The number of hydrogen-bond donors (Lipinski definition) is 3. The molecule has 4 N–H and O–H groups in total. The Morgan fingerprint density at radius 1 is 1.50 bits per heavy atom. The first-order valence-electron chi connectivity index (χ1n) is 5.90. The number of nitrogens with zero attached hydrogens (tertiary/aromatic N) is 2. The molecule has 7 nitrogen and oxygen atoms in total. The summed E-state index contributed by atoms with van der Waals surface area (Å²) < 4.78 is 0. The third kappa shape index (κ3) is 3.06. The predicted molar refractivity (Wildman–Crippen MR) is 63.7 cm³/mol. The van der Waals surface area contributed by atoms with E-state index in [-0.39, 0.29) is 12.2 Å². The second kappa shape index (κ2) is 4.40. The van der Waals surface area contributed by atoms with Gasteiger partial charge in [0.15, 0.2) is 0 Å². The highest BCUT2D eigenvalue weighted by molar-refractivity contribution is 5.91. The van der Waals surface area contributed by atoms with Crippen molar-refractivity contribution in [3.63, 3.8) is 0 Å². The van der Waals surface area contributed by atoms with Crippen LogP contribution in [0.15, 0.2) is 0 Å². The molecule has 98 valence electrons. The van der Waals surface area contributed by atoms with Crippen molar-refractivity contribution in [1.82, 2.24) is 20.5 Å². The van der Waals surface area contributed by atoms with E-state index in [4.69, 9.17) is 5.73 Å². The molecular formula is C11H17N5O2. The van der Waals surface area contributed by atoms with Crippen LogP contribution in [-0.2, 0) is 4.79 Å². The second-order valence-electron chi connectivity index (χ2n) is 5.30. The van der Waals surface area contributed by atoms with Crippen LogP contribution < -0.4 is 11.1 Å². The fraction of sp³-hybridized carbons (Fsp3) is 0.636. The van der Waals surface area contributed by atoms with Gasteiger partial charge >= 0.3 is 0 Å². The molecule has 0 radical (unpaired) electrons. The first-order chi connectivity index (χ1) is 8.37. The number of aromatic amines is 1. The molecule has 0 atom stereocenters. The Hall–Kier alpha value is -1.92. The van der Waals surface area contributed by atoms with Crippen LogP contribution in [0.2, 0.25) is 0 Å². The van der Waals surface area contributed by atoms with Crippen LogP contribution in [0.4, 0.5) is 0 Å². The molecular weight excluding hydrogens is 234 g/mol. The lowest BCUT2D eigenvalue weighted by Gasteiger charge is -2.23. The normalized spacial score (nSPS) is 15.4. The Morgan fingerprint density at radius 2 is 2.17 bits per heavy atom. The van der Waals surface area contributed by atoms with Gasteiger partial charge in [-0.15, -0.1) is 5.10 Å². The van der Waals surface area contributed by atoms with Crippen molar-refractivity contribution >= 4 is 11.8 Å². The van der Waals surface area contributed by atoms with Crippen LogP contribution in [0.3, 0.4) is 0 Å². The van der Waals surface area contributed by atoms with Gasteiger partial charge in [-0.25, -0.2) is 4.98 Å². The number of amides is 2. The number of hydrogen-bond acceptors (Lipinski definition) is 4. The number of carbonyl (C=O) groups excluding carboxylic acids is 2. The number of nitrogens with two attached hydrogens (primary N) is 1. The van der Waals surface area contributed by atoms with Crippen LogP contribution >= 0.6 is 0 Å². The molecule has 0 unspecified atom stereocenters. The lowest BCUT2D eigenvalue weighted by atomic mass is 10.0. The van der Waals surface area contributed by atoms with Gasteiger partial charge < -0.3 is 11.1 Å². The molecule has 1 heterocycles. The molecule has 1 aromatic heterocycles.